The first kappa shape index (κ1) is 22.2. The summed E-state index contributed by atoms with van der Waals surface area (Å²) in [5, 5.41) is 3.55. The molecule has 1 aliphatic heterocycles. The SMILES string of the molecule is COC(=O)c1cc(OC)c(OC)c(OC)c1NS(=O)(=O)c1ccc2c3c(cccc13)C(=O)N2. The number of nitrogens with one attached hydrogen (secondary N) is 2. The Morgan fingerprint density at radius 1 is 0.970 bits per heavy atom. The number of sulfonamides is 1. The summed E-state index contributed by atoms with van der Waals surface area (Å²) in [6.45, 7) is 0. The maximum absolute atomic E-state index is 13.5. The van der Waals surface area contributed by atoms with E-state index in [-0.39, 0.29) is 39.3 Å². The molecule has 0 radical (unpaired) electrons. The Kier molecular flexibility index (Phi) is 5.50. The zero-order valence-electron chi connectivity index (χ0n) is 18.1. The summed E-state index contributed by atoms with van der Waals surface area (Å²) in [5.74, 6) is -0.966. The Labute approximate surface area is 189 Å². The highest BCUT2D eigenvalue weighted by Gasteiger charge is 2.31. The third-order valence-electron chi connectivity index (χ3n) is 5.25. The topological polar surface area (TPSA) is 129 Å². The lowest BCUT2D eigenvalue weighted by Crippen LogP contribution is -2.18. The molecule has 0 saturated carbocycles. The largest absolute Gasteiger partial charge is 0.493 e. The maximum atomic E-state index is 13.5. The Morgan fingerprint density at radius 3 is 2.33 bits per heavy atom. The molecule has 0 unspecified atom stereocenters. The van der Waals surface area contributed by atoms with Crippen LogP contribution in [-0.2, 0) is 14.8 Å². The summed E-state index contributed by atoms with van der Waals surface area (Å²) < 4.78 is 50.3. The van der Waals surface area contributed by atoms with Crippen LogP contribution in [0.1, 0.15) is 20.7 Å². The van der Waals surface area contributed by atoms with Gasteiger partial charge in [-0.15, -0.1) is 0 Å². The fraction of sp³-hybridized carbons (Fsp3) is 0.182. The van der Waals surface area contributed by atoms with Gasteiger partial charge in [-0.3, -0.25) is 9.52 Å². The molecule has 0 saturated heterocycles. The third-order valence-corrected chi connectivity index (χ3v) is 6.66. The molecule has 0 spiro atoms. The van der Waals surface area contributed by atoms with Gasteiger partial charge in [0.05, 0.1) is 38.9 Å². The molecule has 11 heteroatoms. The normalized spacial score (nSPS) is 12.3. The van der Waals surface area contributed by atoms with E-state index in [1.165, 1.54) is 39.5 Å². The number of benzene rings is 3. The van der Waals surface area contributed by atoms with E-state index in [0.717, 1.165) is 7.11 Å². The van der Waals surface area contributed by atoms with E-state index < -0.39 is 16.0 Å². The molecule has 172 valence electrons. The average Bonchev–Trinajstić information content (AvgIpc) is 3.14. The number of rotatable bonds is 7. The lowest BCUT2D eigenvalue weighted by molar-refractivity contribution is 0.0601. The van der Waals surface area contributed by atoms with Gasteiger partial charge in [0, 0.05) is 28.1 Å². The molecule has 3 aromatic carbocycles. The molecule has 0 fully saturated rings. The molecule has 0 atom stereocenters. The Morgan fingerprint density at radius 2 is 1.70 bits per heavy atom. The van der Waals surface area contributed by atoms with Gasteiger partial charge in [-0.2, -0.15) is 0 Å². The molecule has 1 amide bonds. The summed E-state index contributed by atoms with van der Waals surface area (Å²) in [6, 6.07) is 9.00. The van der Waals surface area contributed by atoms with E-state index in [1.54, 1.807) is 18.2 Å². The van der Waals surface area contributed by atoms with E-state index in [0.29, 0.717) is 22.0 Å². The number of carbonyl (C=O) groups is 2. The molecular formula is C22H20N2O8S. The van der Waals surface area contributed by atoms with Crippen molar-refractivity contribution in [3.05, 3.63) is 47.5 Å². The Hall–Kier alpha value is -3.99. The van der Waals surface area contributed by atoms with Crippen molar-refractivity contribution in [1.29, 1.82) is 0 Å². The minimum atomic E-state index is -4.28. The molecule has 4 rings (SSSR count). The van der Waals surface area contributed by atoms with Crippen molar-refractivity contribution in [2.75, 3.05) is 38.5 Å². The molecular weight excluding hydrogens is 452 g/mol. The molecule has 1 heterocycles. The summed E-state index contributed by atoms with van der Waals surface area (Å²) in [7, 11) is 0.900. The maximum Gasteiger partial charge on any atom is 0.340 e. The lowest BCUT2D eigenvalue weighted by atomic mass is 10.1. The number of carbonyl (C=O) groups excluding carboxylic acids is 2. The van der Waals surface area contributed by atoms with Gasteiger partial charge in [0.1, 0.15) is 5.69 Å². The van der Waals surface area contributed by atoms with E-state index >= 15 is 0 Å². The molecule has 3 aromatic rings. The predicted molar refractivity (Wildman–Crippen MR) is 120 cm³/mol. The zero-order valence-corrected chi connectivity index (χ0v) is 19.0. The van der Waals surface area contributed by atoms with Crippen molar-refractivity contribution in [2.24, 2.45) is 0 Å². The first-order valence-corrected chi connectivity index (χ1v) is 11.1. The van der Waals surface area contributed by atoms with Crippen LogP contribution in [0.3, 0.4) is 0 Å². The van der Waals surface area contributed by atoms with Crippen LogP contribution < -0.4 is 24.2 Å². The van der Waals surface area contributed by atoms with Crippen molar-refractivity contribution in [3.8, 4) is 17.2 Å². The van der Waals surface area contributed by atoms with E-state index in [1.807, 2.05) is 0 Å². The van der Waals surface area contributed by atoms with Crippen molar-refractivity contribution < 1.29 is 37.0 Å². The number of amides is 1. The fourth-order valence-corrected chi connectivity index (χ4v) is 5.10. The fourth-order valence-electron chi connectivity index (χ4n) is 3.82. The number of anilines is 2. The van der Waals surface area contributed by atoms with Crippen LogP contribution in [0.4, 0.5) is 11.4 Å². The van der Waals surface area contributed by atoms with Gasteiger partial charge < -0.3 is 24.3 Å². The number of ether oxygens (including phenoxy) is 4. The second-order valence-corrected chi connectivity index (χ2v) is 8.61. The molecule has 10 nitrogen and oxygen atoms in total. The molecule has 0 aliphatic carbocycles. The highest BCUT2D eigenvalue weighted by atomic mass is 32.2. The zero-order chi connectivity index (χ0) is 23.9. The Balaban J connectivity index is 1.94. The van der Waals surface area contributed by atoms with Crippen LogP contribution in [0.5, 0.6) is 17.2 Å². The molecule has 2 N–H and O–H groups in total. The molecule has 1 aliphatic rings. The highest BCUT2D eigenvalue weighted by Crippen LogP contribution is 2.46. The second-order valence-electron chi connectivity index (χ2n) is 6.96. The average molecular weight is 472 g/mol. The third kappa shape index (κ3) is 3.46. The van der Waals surface area contributed by atoms with Crippen LogP contribution in [0.15, 0.2) is 41.3 Å². The monoisotopic (exact) mass is 472 g/mol. The van der Waals surface area contributed by atoms with Crippen LogP contribution in [0.2, 0.25) is 0 Å². The quantitative estimate of drug-likeness (QED) is 0.502. The van der Waals surface area contributed by atoms with Gasteiger partial charge in [0.25, 0.3) is 15.9 Å². The first-order chi connectivity index (χ1) is 15.8. The van der Waals surface area contributed by atoms with E-state index in [9.17, 15) is 18.0 Å². The minimum Gasteiger partial charge on any atom is -0.493 e. The van der Waals surface area contributed by atoms with Crippen LogP contribution in [0, 0.1) is 0 Å². The van der Waals surface area contributed by atoms with Crippen molar-refractivity contribution in [3.63, 3.8) is 0 Å². The van der Waals surface area contributed by atoms with Gasteiger partial charge in [-0.25, -0.2) is 13.2 Å². The van der Waals surface area contributed by atoms with Gasteiger partial charge in [0.2, 0.25) is 5.75 Å². The standard InChI is InChI=1S/C22H20N2O8S/c1-29-15-10-13(22(26)32-4)18(20(31-3)19(15)30-2)24-33(27,28)16-9-8-14-17-11(16)6-5-7-12(17)21(25)23-14/h5-10,24H,1-4H3,(H,23,25). The highest BCUT2D eigenvalue weighted by molar-refractivity contribution is 7.93. The number of hydrogen-bond acceptors (Lipinski definition) is 8. The van der Waals surface area contributed by atoms with Crippen LogP contribution >= 0.6 is 0 Å². The van der Waals surface area contributed by atoms with Crippen molar-refractivity contribution in [2.45, 2.75) is 4.90 Å². The van der Waals surface area contributed by atoms with E-state index in [2.05, 4.69) is 10.0 Å². The number of hydrogen-bond donors (Lipinski definition) is 2. The summed E-state index contributed by atoms with van der Waals surface area (Å²) in [4.78, 5) is 24.6. The molecule has 0 bridgehead atoms. The van der Waals surface area contributed by atoms with Crippen LogP contribution in [-0.4, -0.2) is 48.7 Å². The van der Waals surface area contributed by atoms with Crippen molar-refractivity contribution in [1.82, 2.24) is 0 Å². The summed E-state index contributed by atoms with van der Waals surface area (Å²) >= 11 is 0. The molecule has 33 heavy (non-hydrogen) atoms. The summed E-state index contributed by atoms with van der Waals surface area (Å²) in [6.07, 6.45) is 0. The van der Waals surface area contributed by atoms with Crippen LogP contribution in [0.25, 0.3) is 10.8 Å². The Bertz CT molecular complexity index is 1420. The van der Waals surface area contributed by atoms with Gasteiger partial charge in [0.15, 0.2) is 11.5 Å². The van der Waals surface area contributed by atoms with E-state index in [4.69, 9.17) is 18.9 Å². The predicted octanol–water partition coefficient (Wildman–Crippen LogP) is 3.02. The smallest absolute Gasteiger partial charge is 0.340 e. The van der Waals surface area contributed by atoms with Crippen molar-refractivity contribution >= 4 is 44.0 Å². The number of esters is 1. The van der Waals surface area contributed by atoms with Gasteiger partial charge >= 0.3 is 5.97 Å². The number of methoxy groups -OCH3 is 4. The minimum absolute atomic E-state index is 0.0661. The summed E-state index contributed by atoms with van der Waals surface area (Å²) in [5.41, 5.74) is 0.569. The molecule has 0 aromatic heterocycles. The second kappa shape index (κ2) is 8.17. The van der Waals surface area contributed by atoms with Gasteiger partial charge in [-0.1, -0.05) is 12.1 Å². The lowest BCUT2D eigenvalue weighted by Gasteiger charge is -2.20. The first-order valence-electron chi connectivity index (χ1n) is 9.58. The van der Waals surface area contributed by atoms with Gasteiger partial charge in [-0.05, 0) is 18.2 Å².